The Morgan fingerprint density at radius 1 is 1.18 bits per heavy atom. The molecule has 1 amide bonds. The molecule has 2 aromatic carbocycles. The zero-order valence-electron chi connectivity index (χ0n) is 14.9. The molecule has 3 rings (SSSR count). The van der Waals surface area contributed by atoms with Gasteiger partial charge in [0.15, 0.2) is 6.61 Å². The van der Waals surface area contributed by atoms with Gasteiger partial charge in [-0.1, -0.05) is 23.8 Å². The molecule has 3 aromatic rings. The molecule has 1 N–H and O–H groups in total. The SMILES string of the molecule is Cc1cccc(-c2nc(CC(=O)OCC(=O)Nc3ccc(F)cc3F)cs2)c1. The van der Waals surface area contributed by atoms with Crippen molar-refractivity contribution >= 4 is 28.9 Å². The van der Waals surface area contributed by atoms with E-state index >= 15 is 0 Å². The van der Waals surface area contributed by atoms with Crippen molar-refractivity contribution in [1.82, 2.24) is 4.98 Å². The molecule has 1 heterocycles. The maximum atomic E-state index is 13.5. The van der Waals surface area contributed by atoms with Gasteiger partial charge in [-0.15, -0.1) is 11.3 Å². The van der Waals surface area contributed by atoms with Crippen LogP contribution in [0.5, 0.6) is 0 Å². The third-order valence-electron chi connectivity index (χ3n) is 3.71. The van der Waals surface area contributed by atoms with Gasteiger partial charge >= 0.3 is 5.97 Å². The van der Waals surface area contributed by atoms with Crippen molar-refractivity contribution < 1.29 is 23.1 Å². The van der Waals surface area contributed by atoms with Crippen molar-refractivity contribution in [2.24, 2.45) is 0 Å². The zero-order valence-corrected chi connectivity index (χ0v) is 15.7. The Bertz CT molecular complexity index is 1020. The maximum Gasteiger partial charge on any atom is 0.312 e. The van der Waals surface area contributed by atoms with E-state index in [9.17, 15) is 18.4 Å². The fraction of sp³-hybridized carbons (Fsp3) is 0.150. The first-order chi connectivity index (χ1) is 13.4. The Hall–Kier alpha value is -3.13. The molecule has 0 aliphatic rings. The normalized spacial score (nSPS) is 10.5. The maximum absolute atomic E-state index is 13.5. The quantitative estimate of drug-likeness (QED) is 0.630. The number of hydrogen-bond acceptors (Lipinski definition) is 5. The number of anilines is 1. The Morgan fingerprint density at radius 2 is 2.00 bits per heavy atom. The smallest absolute Gasteiger partial charge is 0.312 e. The Balaban J connectivity index is 1.51. The number of thiazole rings is 1. The minimum Gasteiger partial charge on any atom is -0.455 e. The summed E-state index contributed by atoms with van der Waals surface area (Å²) in [5.41, 5.74) is 2.42. The predicted molar refractivity (Wildman–Crippen MR) is 102 cm³/mol. The number of amides is 1. The predicted octanol–water partition coefficient (Wildman–Crippen LogP) is 4.12. The molecule has 5 nitrogen and oxygen atoms in total. The number of esters is 1. The van der Waals surface area contributed by atoms with E-state index in [1.165, 1.54) is 11.3 Å². The molecule has 0 unspecified atom stereocenters. The van der Waals surface area contributed by atoms with Gasteiger partial charge in [0, 0.05) is 17.0 Å². The molecule has 144 valence electrons. The Kier molecular flexibility index (Phi) is 6.10. The van der Waals surface area contributed by atoms with Crippen molar-refractivity contribution in [3.63, 3.8) is 0 Å². The first-order valence-electron chi connectivity index (χ1n) is 8.32. The number of carbonyl (C=O) groups excluding carboxylic acids is 2. The minimum absolute atomic E-state index is 0.0828. The number of aryl methyl sites for hydroxylation is 1. The van der Waals surface area contributed by atoms with E-state index in [1.807, 2.05) is 31.2 Å². The van der Waals surface area contributed by atoms with Crippen molar-refractivity contribution in [2.75, 3.05) is 11.9 Å². The number of nitrogens with zero attached hydrogens (tertiary/aromatic N) is 1. The van der Waals surface area contributed by atoms with Crippen LogP contribution < -0.4 is 5.32 Å². The van der Waals surface area contributed by atoms with Gasteiger partial charge in [0.05, 0.1) is 17.8 Å². The monoisotopic (exact) mass is 402 g/mol. The number of halogens is 2. The van der Waals surface area contributed by atoms with E-state index in [2.05, 4.69) is 10.3 Å². The highest BCUT2D eigenvalue weighted by Gasteiger charge is 2.13. The van der Waals surface area contributed by atoms with Crippen LogP contribution in [0.15, 0.2) is 47.8 Å². The number of nitrogens with one attached hydrogen (secondary N) is 1. The number of hydrogen-bond donors (Lipinski definition) is 1. The molecule has 1 aromatic heterocycles. The molecule has 0 bridgehead atoms. The van der Waals surface area contributed by atoms with E-state index in [1.54, 1.807) is 5.38 Å². The van der Waals surface area contributed by atoms with Crippen LogP contribution in [0.2, 0.25) is 0 Å². The number of carbonyl (C=O) groups is 2. The standard InChI is InChI=1S/C20H16F2N2O3S/c1-12-3-2-4-13(7-12)20-23-15(11-28-20)9-19(26)27-10-18(25)24-17-6-5-14(21)8-16(17)22/h2-8,11H,9-10H2,1H3,(H,24,25). The number of rotatable bonds is 6. The summed E-state index contributed by atoms with van der Waals surface area (Å²) in [5, 5.41) is 4.76. The van der Waals surface area contributed by atoms with E-state index in [0.29, 0.717) is 11.8 Å². The van der Waals surface area contributed by atoms with E-state index < -0.39 is 30.1 Å². The van der Waals surface area contributed by atoms with Crippen molar-refractivity contribution in [3.8, 4) is 10.6 Å². The van der Waals surface area contributed by atoms with E-state index in [4.69, 9.17) is 4.74 Å². The van der Waals surface area contributed by atoms with Crippen molar-refractivity contribution in [2.45, 2.75) is 13.3 Å². The van der Waals surface area contributed by atoms with Crippen LogP contribution in [0.4, 0.5) is 14.5 Å². The van der Waals surface area contributed by atoms with Crippen molar-refractivity contribution in [1.29, 1.82) is 0 Å². The lowest BCUT2D eigenvalue weighted by atomic mass is 10.1. The van der Waals surface area contributed by atoms with Gasteiger partial charge in [0.1, 0.15) is 16.6 Å². The summed E-state index contributed by atoms with van der Waals surface area (Å²) in [5.74, 6) is -3.02. The summed E-state index contributed by atoms with van der Waals surface area (Å²) in [6.45, 7) is 1.41. The van der Waals surface area contributed by atoms with Crippen LogP contribution in [0.25, 0.3) is 10.6 Å². The van der Waals surface area contributed by atoms with Gasteiger partial charge in [-0.3, -0.25) is 9.59 Å². The Labute approximate surface area is 164 Å². The van der Waals surface area contributed by atoms with E-state index in [0.717, 1.165) is 28.3 Å². The lowest BCUT2D eigenvalue weighted by molar-refractivity contribution is -0.146. The summed E-state index contributed by atoms with van der Waals surface area (Å²) in [7, 11) is 0. The lowest BCUT2D eigenvalue weighted by Crippen LogP contribution is -2.22. The topological polar surface area (TPSA) is 68.3 Å². The van der Waals surface area contributed by atoms with Crippen LogP contribution in [0.1, 0.15) is 11.3 Å². The zero-order chi connectivity index (χ0) is 20.1. The summed E-state index contributed by atoms with van der Waals surface area (Å²) in [6, 6.07) is 10.6. The third kappa shape index (κ3) is 5.20. The van der Waals surface area contributed by atoms with Crippen LogP contribution in [-0.4, -0.2) is 23.5 Å². The minimum atomic E-state index is -0.911. The van der Waals surface area contributed by atoms with Gasteiger partial charge in [-0.2, -0.15) is 0 Å². The number of aromatic nitrogens is 1. The highest BCUT2D eigenvalue weighted by Crippen LogP contribution is 2.24. The van der Waals surface area contributed by atoms with Crippen LogP contribution in [0, 0.1) is 18.6 Å². The van der Waals surface area contributed by atoms with Crippen LogP contribution in [-0.2, 0) is 20.7 Å². The lowest BCUT2D eigenvalue weighted by Gasteiger charge is -2.07. The molecular formula is C20H16F2N2O3S. The molecule has 0 fully saturated rings. The summed E-state index contributed by atoms with van der Waals surface area (Å²) in [4.78, 5) is 28.1. The molecule has 28 heavy (non-hydrogen) atoms. The third-order valence-corrected chi connectivity index (χ3v) is 4.65. The first kappa shape index (κ1) is 19.6. The second-order valence-electron chi connectivity index (χ2n) is 6.02. The summed E-state index contributed by atoms with van der Waals surface area (Å²) < 4.78 is 31.2. The van der Waals surface area contributed by atoms with Crippen LogP contribution in [0.3, 0.4) is 0 Å². The first-order valence-corrected chi connectivity index (χ1v) is 9.20. The highest BCUT2D eigenvalue weighted by molar-refractivity contribution is 7.13. The largest absolute Gasteiger partial charge is 0.455 e. The second-order valence-corrected chi connectivity index (χ2v) is 6.88. The average molecular weight is 402 g/mol. The fourth-order valence-corrected chi connectivity index (χ4v) is 3.24. The van der Waals surface area contributed by atoms with Gasteiger partial charge in [0.2, 0.25) is 0 Å². The van der Waals surface area contributed by atoms with Crippen LogP contribution >= 0.6 is 11.3 Å². The fourth-order valence-electron chi connectivity index (χ4n) is 2.42. The summed E-state index contributed by atoms with van der Waals surface area (Å²) in [6.07, 6.45) is -0.0828. The molecule has 8 heteroatoms. The molecule has 0 saturated carbocycles. The second kappa shape index (κ2) is 8.71. The molecule has 0 saturated heterocycles. The molecule has 0 aliphatic heterocycles. The number of benzene rings is 2. The van der Waals surface area contributed by atoms with Gasteiger partial charge < -0.3 is 10.1 Å². The van der Waals surface area contributed by atoms with Crippen molar-refractivity contribution in [3.05, 3.63) is 70.7 Å². The molecule has 0 atom stereocenters. The molecule has 0 aliphatic carbocycles. The molecule has 0 radical (unpaired) electrons. The summed E-state index contributed by atoms with van der Waals surface area (Å²) >= 11 is 1.41. The highest BCUT2D eigenvalue weighted by atomic mass is 32.1. The average Bonchev–Trinajstić information content (AvgIpc) is 3.11. The van der Waals surface area contributed by atoms with Gasteiger partial charge in [-0.25, -0.2) is 13.8 Å². The van der Waals surface area contributed by atoms with Gasteiger partial charge in [-0.05, 0) is 25.1 Å². The van der Waals surface area contributed by atoms with E-state index in [-0.39, 0.29) is 12.1 Å². The molecule has 0 spiro atoms. The van der Waals surface area contributed by atoms with Gasteiger partial charge in [0.25, 0.3) is 5.91 Å². The Morgan fingerprint density at radius 3 is 2.75 bits per heavy atom. The molecular weight excluding hydrogens is 386 g/mol. The number of ether oxygens (including phenoxy) is 1.